The van der Waals surface area contributed by atoms with Crippen LogP contribution in [0.25, 0.3) is 0 Å². The number of carbonyl (C=O) groups excluding carboxylic acids is 1. The van der Waals surface area contributed by atoms with Crippen molar-refractivity contribution in [2.24, 2.45) is 0 Å². The first-order valence-electron chi connectivity index (χ1n) is 5.76. The maximum Gasteiger partial charge on any atom is 0.234 e. The van der Waals surface area contributed by atoms with Crippen molar-refractivity contribution in [1.29, 1.82) is 0 Å². The number of hydrogen-bond acceptors (Lipinski definition) is 4. The highest BCUT2D eigenvalue weighted by molar-refractivity contribution is 5.78. The highest BCUT2D eigenvalue weighted by Crippen LogP contribution is 2.17. The SMILES string of the molecule is CN(C)CC(C)(O)CNC(=O)CNC1CC1. The Morgan fingerprint density at radius 2 is 2.12 bits per heavy atom. The highest BCUT2D eigenvalue weighted by atomic mass is 16.3. The molecule has 0 spiro atoms. The minimum absolute atomic E-state index is 0.0501. The molecule has 1 unspecified atom stereocenters. The normalized spacial score (nSPS) is 19.6. The van der Waals surface area contributed by atoms with Crippen molar-refractivity contribution < 1.29 is 9.90 Å². The van der Waals surface area contributed by atoms with E-state index in [1.165, 1.54) is 12.8 Å². The van der Waals surface area contributed by atoms with Gasteiger partial charge in [0.2, 0.25) is 5.91 Å². The molecule has 3 N–H and O–H groups in total. The number of hydrogen-bond donors (Lipinski definition) is 3. The molecule has 0 aromatic heterocycles. The summed E-state index contributed by atoms with van der Waals surface area (Å²) < 4.78 is 0. The lowest BCUT2D eigenvalue weighted by atomic mass is 10.1. The summed E-state index contributed by atoms with van der Waals surface area (Å²) in [7, 11) is 3.79. The lowest BCUT2D eigenvalue weighted by Crippen LogP contribution is -2.48. The number of rotatable bonds is 7. The van der Waals surface area contributed by atoms with Crippen molar-refractivity contribution in [3.8, 4) is 0 Å². The van der Waals surface area contributed by atoms with E-state index in [-0.39, 0.29) is 12.5 Å². The summed E-state index contributed by atoms with van der Waals surface area (Å²) in [4.78, 5) is 13.3. The molecule has 0 aromatic rings. The van der Waals surface area contributed by atoms with E-state index in [2.05, 4.69) is 10.6 Å². The first-order valence-corrected chi connectivity index (χ1v) is 5.76. The van der Waals surface area contributed by atoms with E-state index in [1.807, 2.05) is 19.0 Å². The summed E-state index contributed by atoms with van der Waals surface area (Å²) in [5, 5.41) is 15.8. The second-order valence-corrected chi connectivity index (χ2v) is 5.17. The second kappa shape index (κ2) is 5.61. The second-order valence-electron chi connectivity index (χ2n) is 5.17. The largest absolute Gasteiger partial charge is 0.387 e. The molecule has 0 saturated heterocycles. The number of nitrogens with zero attached hydrogens (tertiary/aromatic N) is 1. The molecule has 1 amide bonds. The molecule has 0 aromatic carbocycles. The van der Waals surface area contributed by atoms with Crippen LogP contribution in [-0.2, 0) is 4.79 Å². The molecule has 1 aliphatic carbocycles. The molecule has 1 fully saturated rings. The Morgan fingerprint density at radius 1 is 1.50 bits per heavy atom. The number of aliphatic hydroxyl groups is 1. The van der Waals surface area contributed by atoms with Crippen molar-refractivity contribution >= 4 is 5.91 Å². The van der Waals surface area contributed by atoms with Gasteiger partial charge >= 0.3 is 0 Å². The zero-order valence-corrected chi connectivity index (χ0v) is 10.4. The van der Waals surface area contributed by atoms with Gasteiger partial charge in [-0.2, -0.15) is 0 Å². The van der Waals surface area contributed by atoms with Crippen LogP contribution in [0.15, 0.2) is 0 Å². The van der Waals surface area contributed by atoms with Crippen LogP contribution in [0.5, 0.6) is 0 Å². The molecule has 16 heavy (non-hydrogen) atoms. The van der Waals surface area contributed by atoms with Gasteiger partial charge in [-0.15, -0.1) is 0 Å². The monoisotopic (exact) mass is 229 g/mol. The molecular formula is C11H23N3O2. The topological polar surface area (TPSA) is 64.6 Å². The molecule has 5 nitrogen and oxygen atoms in total. The first kappa shape index (κ1) is 13.4. The van der Waals surface area contributed by atoms with Gasteiger partial charge in [0.25, 0.3) is 0 Å². The summed E-state index contributed by atoms with van der Waals surface area (Å²) in [5.74, 6) is -0.0501. The van der Waals surface area contributed by atoms with Crippen LogP contribution in [0.2, 0.25) is 0 Å². The molecule has 1 atom stereocenters. The maximum atomic E-state index is 11.4. The summed E-state index contributed by atoms with van der Waals surface area (Å²) in [6, 6.07) is 0.535. The fourth-order valence-electron chi connectivity index (χ4n) is 1.61. The molecule has 5 heteroatoms. The quantitative estimate of drug-likeness (QED) is 0.533. The van der Waals surface area contributed by atoms with Crippen LogP contribution in [0.3, 0.4) is 0 Å². The number of carbonyl (C=O) groups is 1. The van der Waals surface area contributed by atoms with Crippen molar-refractivity contribution in [2.45, 2.75) is 31.4 Å². The lowest BCUT2D eigenvalue weighted by Gasteiger charge is -2.27. The van der Waals surface area contributed by atoms with Gasteiger partial charge < -0.3 is 20.6 Å². The fraction of sp³-hybridized carbons (Fsp3) is 0.909. The zero-order valence-electron chi connectivity index (χ0n) is 10.4. The zero-order chi connectivity index (χ0) is 12.2. The summed E-state index contributed by atoms with van der Waals surface area (Å²) in [6.45, 7) is 2.89. The van der Waals surface area contributed by atoms with Crippen LogP contribution in [0, 0.1) is 0 Å². The number of nitrogens with one attached hydrogen (secondary N) is 2. The van der Waals surface area contributed by atoms with Crippen molar-refractivity contribution in [2.75, 3.05) is 33.7 Å². The Morgan fingerprint density at radius 3 is 2.62 bits per heavy atom. The van der Waals surface area contributed by atoms with E-state index in [0.29, 0.717) is 19.1 Å². The molecule has 1 aliphatic rings. The smallest absolute Gasteiger partial charge is 0.234 e. The van der Waals surface area contributed by atoms with E-state index in [4.69, 9.17) is 0 Å². The molecule has 0 heterocycles. The van der Waals surface area contributed by atoms with Gasteiger partial charge in [-0.3, -0.25) is 4.79 Å². The average molecular weight is 229 g/mol. The maximum absolute atomic E-state index is 11.4. The minimum atomic E-state index is -0.876. The van der Waals surface area contributed by atoms with Crippen LogP contribution in [0.1, 0.15) is 19.8 Å². The highest BCUT2D eigenvalue weighted by Gasteiger charge is 2.23. The van der Waals surface area contributed by atoms with Crippen molar-refractivity contribution in [3.05, 3.63) is 0 Å². The summed E-state index contributed by atoms with van der Waals surface area (Å²) >= 11 is 0. The van der Waals surface area contributed by atoms with Crippen molar-refractivity contribution in [3.63, 3.8) is 0 Å². The standard InChI is InChI=1S/C11H23N3O2/c1-11(16,8-14(2)3)7-13-10(15)6-12-9-4-5-9/h9,12,16H,4-8H2,1-3H3,(H,13,15). The van der Waals surface area contributed by atoms with E-state index in [1.54, 1.807) is 6.92 Å². The van der Waals surface area contributed by atoms with Crippen LogP contribution in [-0.4, -0.2) is 61.3 Å². The third kappa shape index (κ3) is 6.05. The molecule has 94 valence electrons. The van der Waals surface area contributed by atoms with Crippen LogP contribution in [0.4, 0.5) is 0 Å². The van der Waals surface area contributed by atoms with E-state index in [9.17, 15) is 9.90 Å². The van der Waals surface area contributed by atoms with Gasteiger partial charge in [-0.1, -0.05) is 0 Å². The van der Waals surface area contributed by atoms with Crippen LogP contribution < -0.4 is 10.6 Å². The Hall–Kier alpha value is -0.650. The fourth-order valence-corrected chi connectivity index (χ4v) is 1.61. The molecular weight excluding hydrogens is 206 g/mol. The van der Waals surface area contributed by atoms with Crippen LogP contribution >= 0.6 is 0 Å². The van der Waals surface area contributed by atoms with E-state index in [0.717, 1.165) is 0 Å². The predicted molar refractivity (Wildman–Crippen MR) is 63.2 cm³/mol. The Bertz CT molecular complexity index is 237. The van der Waals surface area contributed by atoms with Gasteiger partial charge in [-0.05, 0) is 33.9 Å². The first-order chi connectivity index (χ1) is 7.39. The number of likely N-dealkylation sites (N-methyl/N-ethyl adjacent to an activating group) is 1. The van der Waals surface area contributed by atoms with E-state index >= 15 is 0 Å². The Balaban J connectivity index is 2.13. The summed E-state index contributed by atoms with van der Waals surface area (Å²) in [5.41, 5.74) is -0.876. The molecule has 0 bridgehead atoms. The van der Waals surface area contributed by atoms with Crippen molar-refractivity contribution in [1.82, 2.24) is 15.5 Å². The Kier molecular flexibility index (Phi) is 4.70. The minimum Gasteiger partial charge on any atom is -0.387 e. The third-order valence-electron chi connectivity index (χ3n) is 2.45. The third-order valence-corrected chi connectivity index (χ3v) is 2.45. The van der Waals surface area contributed by atoms with Gasteiger partial charge in [0.15, 0.2) is 0 Å². The van der Waals surface area contributed by atoms with Gasteiger partial charge in [-0.25, -0.2) is 0 Å². The average Bonchev–Trinajstić information content (AvgIpc) is 2.93. The van der Waals surface area contributed by atoms with Gasteiger partial charge in [0, 0.05) is 19.1 Å². The number of amides is 1. The summed E-state index contributed by atoms with van der Waals surface area (Å²) in [6.07, 6.45) is 2.34. The van der Waals surface area contributed by atoms with Gasteiger partial charge in [0.05, 0.1) is 12.1 Å². The lowest BCUT2D eigenvalue weighted by molar-refractivity contribution is -0.121. The molecule has 1 saturated carbocycles. The Labute approximate surface area is 97.2 Å². The molecule has 1 rings (SSSR count). The molecule has 0 radical (unpaired) electrons. The predicted octanol–water partition coefficient (Wildman–Crippen LogP) is -0.833. The molecule has 0 aliphatic heterocycles. The van der Waals surface area contributed by atoms with E-state index < -0.39 is 5.60 Å². The van der Waals surface area contributed by atoms with Gasteiger partial charge in [0.1, 0.15) is 0 Å².